The maximum atomic E-state index is 12.9. The molecule has 2 heterocycles. The number of nitrogens with zero attached hydrogens (tertiary/aromatic N) is 3. The van der Waals surface area contributed by atoms with E-state index in [9.17, 15) is 13.2 Å². The van der Waals surface area contributed by atoms with Crippen LogP contribution in [0.15, 0.2) is 24.4 Å². The summed E-state index contributed by atoms with van der Waals surface area (Å²) in [6.45, 7) is 5.83. The van der Waals surface area contributed by atoms with Crippen LogP contribution in [0, 0.1) is 20.8 Å². The number of benzene rings is 1. The van der Waals surface area contributed by atoms with E-state index in [0.717, 1.165) is 26.7 Å². The second kappa shape index (κ2) is 7.06. The average molecular weight is 391 g/mol. The zero-order valence-corrected chi connectivity index (χ0v) is 17.0. The van der Waals surface area contributed by atoms with Crippen molar-refractivity contribution in [1.29, 1.82) is 0 Å². The highest BCUT2D eigenvalue weighted by Gasteiger charge is 2.41. The van der Waals surface area contributed by atoms with Gasteiger partial charge in [-0.2, -0.15) is 22.5 Å². The van der Waals surface area contributed by atoms with Crippen LogP contribution in [0.1, 0.15) is 34.8 Å². The number of anilines is 1. The van der Waals surface area contributed by atoms with Crippen LogP contribution in [-0.2, 0) is 22.1 Å². The van der Waals surface area contributed by atoms with E-state index in [4.69, 9.17) is 0 Å². The fourth-order valence-electron chi connectivity index (χ4n) is 3.22. The molecule has 0 aliphatic carbocycles. The molecule has 8 nitrogen and oxygen atoms in total. The summed E-state index contributed by atoms with van der Waals surface area (Å²) < 4.78 is 30.5. The van der Waals surface area contributed by atoms with E-state index in [0.29, 0.717) is 12.1 Å². The van der Waals surface area contributed by atoms with E-state index in [1.165, 1.54) is 7.05 Å². The maximum absolute atomic E-state index is 12.9. The largest absolute Gasteiger partial charge is 0.325 e. The van der Waals surface area contributed by atoms with E-state index >= 15 is 0 Å². The zero-order valence-electron chi connectivity index (χ0n) is 16.1. The van der Waals surface area contributed by atoms with E-state index < -0.39 is 22.3 Å². The van der Waals surface area contributed by atoms with Gasteiger partial charge in [0.2, 0.25) is 5.91 Å². The SMILES string of the molecule is Cc1ccc(NC(=O)[C@H]2C[C@@H](c3cnn(C)c3C)NS(=O)(=O)N2C)cc1C. The van der Waals surface area contributed by atoms with Crippen molar-refractivity contribution in [3.8, 4) is 0 Å². The Balaban J connectivity index is 1.86. The molecule has 0 radical (unpaired) electrons. The van der Waals surface area contributed by atoms with E-state index in [2.05, 4.69) is 15.1 Å². The summed E-state index contributed by atoms with van der Waals surface area (Å²) in [7, 11) is -0.568. The van der Waals surface area contributed by atoms with Gasteiger partial charge in [-0.05, 0) is 50.5 Å². The molecular formula is C18H25N5O3S. The summed E-state index contributed by atoms with van der Waals surface area (Å²) in [6, 6.07) is 4.30. The van der Waals surface area contributed by atoms with Crippen LogP contribution < -0.4 is 10.0 Å². The summed E-state index contributed by atoms with van der Waals surface area (Å²) in [5.74, 6) is -0.350. The first-order valence-corrected chi connectivity index (χ1v) is 10.2. The third-order valence-electron chi connectivity index (χ3n) is 5.29. The predicted molar refractivity (Wildman–Crippen MR) is 103 cm³/mol. The smallest absolute Gasteiger partial charge is 0.280 e. The number of likely N-dealkylation sites (N-methyl/N-ethyl adjacent to an activating group) is 1. The van der Waals surface area contributed by atoms with Crippen LogP contribution >= 0.6 is 0 Å². The summed E-state index contributed by atoms with van der Waals surface area (Å²) >= 11 is 0. The highest BCUT2D eigenvalue weighted by molar-refractivity contribution is 7.87. The molecule has 1 aromatic carbocycles. The molecule has 1 aliphatic heterocycles. The van der Waals surface area contributed by atoms with Crippen LogP contribution in [0.5, 0.6) is 0 Å². The van der Waals surface area contributed by atoms with Crippen molar-refractivity contribution in [1.82, 2.24) is 18.8 Å². The van der Waals surface area contributed by atoms with Gasteiger partial charge in [0.15, 0.2) is 0 Å². The Morgan fingerprint density at radius 1 is 1.22 bits per heavy atom. The molecule has 1 fully saturated rings. The number of carbonyl (C=O) groups excluding carboxylic acids is 1. The van der Waals surface area contributed by atoms with E-state index in [-0.39, 0.29) is 5.91 Å². The predicted octanol–water partition coefficient (Wildman–Crippen LogP) is 1.56. The van der Waals surface area contributed by atoms with Crippen molar-refractivity contribution in [2.75, 3.05) is 12.4 Å². The standard InChI is InChI=1S/C18H25N5O3S/c1-11-6-7-14(8-12(11)2)20-18(24)17-9-16(21-27(25,26)23(17)5)15-10-19-22(4)13(15)3/h6-8,10,16-17,21H,9H2,1-5H3,(H,20,24)/t16-,17+/m0/s1. The number of amides is 1. The molecule has 1 saturated heterocycles. The topological polar surface area (TPSA) is 96.3 Å². The summed E-state index contributed by atoms with van der Waals surface area (Å²) in [5.41, 5.74) is 4.48. The van der Waals surface area contributed by atoms with Gasteiger partial charge in [-0.15, -0.1) is 0 Å². The summed E-state index contributed by atoms with van der Waals surface area (Å²) in [5, 5.41) is 7.03. The Labute approximate surface area is 159 Å². The van der Waals surface area contributed by atoms with Crippen molar-refractivity contribution in [2.24, 2.45) is 7.05 Å². The van der Waals surface area contributed by atoms with Gasteiger partial charge < -0.3 is 5.32 Å². The first kappa shape index (κ1) is 19.5. The Kier molecular flexibility index (Phi) is 5.11. The fraction of sp³-hybridized carbons (Fsp3) is 0.444. The molecule has 2 atom stereocenters. The molecule has 0 spiro atoms. The molecule has 9 heteroatoms. The highest BCUT2D eigenvalue weighted by Crippen LogP contribution is 2.30. The van der Waals surface area contributed by atoms with Gasteiger partial charge in [0, 0.05) is 31.0 Å². The summed E-state index contributed by atoms with van der Waals surface area (Å²) in [4.78, 5) is 12.9. The van der Waals surface area contributed by atoms with E-state index in [1.807, 2.05) is 39.0 Å². The molecule has 1 amide bonds. The van der Waals surface area contributed by atoms with Crippen molar-refractivity contribution in [2.45, 2.75) is 39.3 Å². The molecule has 0 bridgehead atoms. The molecule has 0 unspecified atom stereocenters. The Morgan fingerprint density at radius 2 is 1.93 bits per heavy atom. The van der Waals surface area contributed by atoms with Crippen LogP contribution in [0.25, 0.3) is 0 Å². The third kappa shape index (κ3) is 3.76. The minimum atomic E-state index is -3.78. The molecule has 3 rings (SSSR count). The van der Waals surface area contributed by atoms with Gasteiger partial charge in [0.25, 0.3) is 10.2 Å². The molecule has 2 aromatic rings. The lowest BCUT2D eigenvalue weighted by Gasteiger charge is -2.36. The molecular weight excluding hydrogens is 366 g/mol. The van der Waals surface area contributed by atoms with E-state index in [1.54, 1.807) is 17.9 Å². The molecule has 2 N–H and O–H groups in total. The van der Waals surface area contributed by atoms with Crippen LogP contribution in [0.4, 0.5) is 5.69 Å². The number of carbonyl (C=O) groups is 1. The molecule has 1 aliphatic rings. The maximum Gasteiger partial charge on any atom is 0.280 e. The second-order valence-electron chi connectivity index (χ2n) is 7.04. The van der Waals surface area contributed by atoms with Gasteiger partial charge >= 0.3 is 0 Å². The lowest BCUT2D eigenvalue weighted by atomic mass is 10.00. The molecule has 1 aromatic heterocycles. The normalized spacial score (nSPS) is 22.6. The number of aryl methyl sites for hydroxylation is 3. The highest BCUT2D eigenvalue weighted by atomic mass is 32.2. The van der Waals surface area contributed by atoms with Crippen molar-refractivity contribution >= 4 is 21.8 Å². The average Bonchev–Trinajstić information content (AvgIpc) is 2.92. The van der Waals surface area contributed by atoms with Crippen molar-refractivity contribution in [3.63, 3.8) is 0 Å². The van der Waals surface area contributed by atoms with Crippen molar-refractivity contribution < 1.29 is 13.2 Å². The third-order valence-corrected chi connectivity index (χ3v) is 6.89. The van der Waals surface area contributed by atoms with Crippen LogP contribution in [0.2, 0.25) is 0 Å². The van der Waals surface area contributed by atoms with Crippen LogP contribution in [0.3, 0.4) is 0 Å². The number of hydrogen-bond acceptors (Lipinski definition) is 4. The van der Waals surface area contributed by atoms with Gasteiger partial charge in [0.1, 0.15) is 6.04 Å². The van der Waals surface area contributed by atoms with Crippen LogP contribution in [-0.4, -0.2) is 41.5 Å². The second-order valence-corrected chi connectivity index (χ2v) is 8.80. The monoisotopic (exact) mass is 391 g/mol. The van der Waals surface area contributed by atoms with Crippen molar-refractivity contribution in [3.05, 3.63) is 46.8 Å². The first-order valence-electron chi connectivity index (χ1n) is 8.72. The van der Waals surface area contributed by atoms with Gasteiger partial charge in [-0.1, -0.05) is 6.07 Å². The number of nitrogens with one attached hydrogen (secondary N) is 2. The molecule has 0 saturated carbocycles. The fourth-order valence-corrected chi connectivity index (χ4v) is 4.48. The summed E-state index contributed by atoms with van der Waals surface area (Å²) in [6.07, 6.45) is 1.96. The quantitative estimate of drug-likeness (QED) is 0.830. The minimum absolute atomic E-state index is 0.318. The van der Waals surface area contributed by atoms with Gasteiger partial charge in [-0.3, -0.25) is 9.48 Å². The Hall–Kier alpha value is -2.23. The van der Waals surface area contributed by atoms with Gasteiger partial charge in [-0.25, -0.2) is 0 Å². The Bertz CT molecular complexity index is 983. The lowest BCUT2D eigenvalue weighted by Crippen LogP contribution is -2.56. The Morgan fingerprint density at radius 3 is 2.52 bits per heavy atom. The number of aromatic nitrogens is 2. The lowest BCUT2D eigenvalue weighted by molar-refractivity contribution is -0.120. The zero-order chi connectivity index (χ0) is 19.9. The van der Waals surface area contributed by atoms with Gasteiger partial charge in [0.05, 0.1) is 12.2 Å². The molecule has 27 heavy (non-hydrogen) atoms. The minimum Gasteiger partial charge on any atom is -0.325 e. The molecule has 146 valence electrons. The number of hydrogen-bond donors (Lipinski definition) is 2. The first-order chi connectivity index (χ1) is 12.6. The number of rotatable bonds is 3.